The number of imide groups is 1. The van der Waals surface area contributed by atoms with Gasteiger partial charge in [0.25, 0.3) is 11.8 Å². The third-order valence-corrected chi connectivity index (χ3v) is 5.82. The molecule has 0 saturated heterocycles. The number of benzene rings is 1. The first-order valence-corrected chi connectivity index (χ1v) is 11.8. The molecule has 4 amide bonds. The molecule has 0 atom stereocenters. The maximum absolute atomic E-state index is 12.0. The van der Waals surface area contributed by atoms with Gasteiger partial charge in [-0.1, -0.05) is 24.6 Å². The summed E-state index contributed by atoms with van der Waals surface area (Å²) < 4.78 is 1.96. The van der Waals surface area contributed by atoms with Gasteiger partial charge in [0.2, 0.25) is 11.8 Å². The van der Waals surface area contributed by atoms with Crippen molar-refractivity contribution in [1.29, 1.82) is 0 Å². The molecule has 182 valence electrons. The summed E-state index contributed by atoms with van der Waals surface area (Å²) in [5.41, 5.74) is 2.17. The molecule has 2 heterocycles. The second kappa shape index (κ2) is 12.7. The summed E-state index contributed by atoms with van der Waals surface area (Å²) in [4.78, 5) is 47.9. The van der Waals surface area contributed by atoms with Crippen molar-refractivity contribution >= 4 is 34.5 Å². The van der Waals surface area contributed by atoms with Gasteiger partial charge in [0, 0.05) is 62.4 Å². The minimum absolute atomic E-state index is 0.0206. The number of aromatic nitrogens is 1. The molecule has 3 N–H and O–H groups in total. The summed E-state index contributed by atoms with van der Waals surface area (Å²) in [5, 5.41) is 10.1. The number of nitrogens with zero attached hydrogens (tertiary/aromatic N) is 2. The lowest BCUT2D eigenvalue weighted by molar-refractivity contribution is -0.137. The van der Waals surface area contributed by atoms with E-state index >= 15 is 0 Å². The fourth-order valence-electron chi connectivity index (χ4n) is 3.96. The van der Waals surface area contributed by atoms with E-state index in [4.69, 9.17) is 0 Å². The van der Waals surface area contributed by atoms with E-state index in [0.717, 1.165) is 42.3 Å². The molecule has 1 aromatic heterocycles. The Morgan fingerprint density at radius 1 is 0.912 bits per heavy atom. The van der Waals surface area contributed by atoms with Crippen molar-refractivity contribution in [1.82, 2.24) is 25.4 Å². The summed E-state index contributed by atoms with van der Waals surface area (Å²) in [5.74, 6) is -0.533. The van der Waals surface area contributed by atoms with Gasteiger partial charge >= 0.3 is 0 Å². The van der Waals surface area contributed by atoms with E-state index in [1.165, 1.54) is 17.1 Å². The minimum atomic E-state index is -0.258. The van der Waals surface area contributed by atoms with Crippen LogP contribution in [0.1, 0.15) is 37.7 Å². The first-order valence-electron chi connectivity index (χ1n) is 11.8. The van der Waals surface area contributed by atoms with E-state index in [0.29, 0.717) is 32.5 Å². The summed E-state index contributed by atoms with van der Waals surface area (Å²) in [6.45, 7) is 2.75. The number of likely N-dealkylation sites (N-methyl/N-ethyl adjacent to an activating group) is 1. The molecule has 0 bridgehead atoms. The lowest BCUT2D eigenvalue weighted by atomic mass is 10.1. The van der Waals surface area contributed by atoms with Crippen LogP contribution < -0.4 is 16.0 Å². The van der Waals surface area contributed by atoms with Gasteiger partial charge in [-0.05, 0) is 37.4 Å². The van der Waals surface area contributed by atoms with Gasteiger partial charge in [-0.25, -0.2) is 0 Å². The monoisotopic (exact) mass is 467 g/mol. The second-order valence-electron chi connectivity index (χ2n) is 8.32. The largest absolute Gasteiger partial charge is 0.358 e. The third kappa shape index (κ3) is 7.02. The molecular weight excluding hydrogens is 434 g/mol. The van der Waals surface area contributed by atoms with E-state index in [2.05, 4.69) is 22.0 Å². The maximum atomic E-state index is 12.0. The molecule has 0 unspecified atom stereocenters. The van der Waals surface area contributed by atoms with Crippen molar-refractivity contribution in [3.05, 3.63) is 48.2 Å². The standard InChI is InChI=1S/C25H33N5O4/c1-26-23(32)18-29-17-19(20-8-4-5-9-21(20)29)16-27-13-7-14-28-22(31)10-3-2-6-15-30-24(33)11-12-25(30)34/h4-5,8-9,11-12,17,27H,2-3,6-7,10,13-16,18H2,1H3,(H,26,32)(H,28,31). The smallest absolute Gasteiger partial charge is 0.253 e. The van der Waals surface area contributed by atoms with Crippen molar-refractivity contribution < 1.29 is 19.2 Å². The van der Waals surface area contributed by atoms with Crippen LogP contribution in [-0.4, -0.2) is 59.8 Å². The van der Waals surface area contributed by atoms with Crippen LogP contribution >= 0.6 is 0 Å². The Morgan fingerprint density at radius 2 is 1.68 bits per heavy atom. The molecule has 2 aromatic rings. The average Bonchev–Trinajstić information content (AvgIpc) is 3.35. The van der Waals surface area contributed by atoms with Gasteiger partial charge in [-0.15, -0.1) is 0 Å². The Morgan fingerprint density at radius 3 is 2.44 bits per heavy atom. The molecule has 0 aliphatic carbocycles. The van der Waals surface area contributed by atoms with Crippen LogP contribution in [0.4, 0.5) is 0 Å². The molecule has 0 saturated carbocycles. The molecule has 0 spiro atoms. The molecule has 0 fully saturated rings. The first-order chi connectivity index (χ1) is 16.5. The summed E-state index contributed by atoms with van der Waals surface area (Å²) in [6, 6.07) is 8.04. The van der Waals surface area contributed by atoms with Crippen molar-refractivity contribution in [3.8, 4) is 0 Å². The molecule has 1 aromatic carbocycles. The van der Waals surface area contributed by atoms with E-state index in [1.54, 1.807) is 7.05 Å². The number of nitrogens with one attached hydrogen (secondary N) is 3. The SMILES string of the molecule is CNC(=O)Cn1cc(CNCCCNC(=O)CCCCCN2C(=O)C=CC2=O)c2ccccc21. The highest BCUT2D eigenvalue weighted by atomic mass is 16.2. The lowest BCUT2D eigenvalue weighted by Crippen LogP contribution is -2.31. The maximum Gasteiger partial charge on any atom is 0.253 e. The predicted molar refractivity (Wildman–Crippen MR) is 130 cm³/mol. The van der Waals surface area contributed by atoms with Crippen molar-refractivity contribution in [3.63, 3.8) is 0 Å². The molecule has 1 aliphatic rings. The molecule has 0 radical (unpaired) electrons. The molecule has 34 heavy (non-hydrogen) atoms. The van der Waals surface area contributed by atoms with Crippen molar-refractivity contribution in [2.24, 2.45) is 0 Å². The highest BCUT2D eigenvalue weighted by Gasteiger charge is 2.22. The minimum Gasteiger partial charge on any atom is -0.358 e. The Bertz CT molecular complexity index is 1040. The van der Waals surface area contributed by atoms with Gasteiger partial charge in [-0.2, -0.15) is 0 Å². The van der Waals surface area contributed by atoms with Crippen LogP contribution in [0.15, 0.2) is 42.6 Å². The van der Waals surface area contributed by atoms with Gasteiger partial charge < -0.3 is 20.5 Å². The number of carbonyl (C=O) groups is 4. The quantitative estimate of drug-likeness (QED) is 0.288. The van der Waals surface area contributed by atoms with E-state index in [9.17, 15) is 19.2 Å². The second-order valence-corrected chi connectivity index (χ2v) is 8.32. The third-order valence-electron chi connectivity index (χ3n) is 5.82. The van der Waals surface area contributed by atoms with Gasteiger partial charge in [0.15, 0.2) is 0 Å². The van der Waals surface area contributed by atoms with Gasteiger partial charge in [0.05, 0.1) is 0 Å². The number of hydrogen-bond acceptors (Lipinski definition) is 5. The fourth-order valence-corrected chi connectivity index (χ4v) is 3.96. The normalized spacial score (nSPS) is 13.1. The van der Waals surface area contributed by atoms with Gasteiger partial charge in [-0.3, -0.25) is 24.1 Å². The summed E-state index contributed by atoms with van der Waals surface area (Å²) in [6.07, 6.45) is 8.07. The zero-order valence-corrected chi connectivity index (χ0v) is 19.6. The Balaban J connectivity index is 1.27. The number of unbranched alkanes of at least 4 members (excludes halogenated alkanes) is 2. The number of rotatable bonds is 14. The first kappa shape index (κ1) is 25.2. The molecule has 9 heteroatoms. The fraction of sp³-hybridized carbons (Fsp3) is 0.440. The van der Waals surface area contributed by atoms with Crippen LogP contribution in [0.5, 0.6) is 0 Å². The average molecular weight is 468 g/mol. The Kier molecular flexibility index (Phi) is 9.40. The molecule has 9 nitrogen and oxygen atoms in total. The lowest BCUT2D eigenvalue weighted by Gasteiger charge is -2.13. The number of para-hydroxylation sites is 1. The highest BCUT2D eigenvalue weighted by Crippen LogP contribution is 2.21. The number of amides is 4. The summed E-state index contributed by atoms with van der Waals surface area (Å²) >= 11 is 0. The zero-order chi connectivity index (χ0) is 24.3. The van der Waals surface area contributed by atoms with Crippen molar-refractivity contribution in [2.45, 2.75) is 45.2 Å². The van der Waals surface area contributed by atoms with Crippen LogP contribution in [0.2, 0.25) is 0 Å². The topological polar surface area (TPSA) is 113 Å². The molecular formula is C25H33N5O4. The number of fused-ring (bicyclic) bond motifs is 1. The predicted octanol–water partition coefficient (Wildman–Crippen LogP) is 1.47. The Labute approximate surface area is 199 Å². The Hall–Kier alpha value is -3.46. The van der Waals surface area contributed by atoms with Crippen LogP contribution in [-0.2, 0) is 32.3 Å². The van der Waals surface area contributed by atoms with Crippen LogP contribution in [0.3, 0.4) is 0 Å². The van der Waals surface area contributed by atoms with Crippen LogP contribution in [0.25, 0.3) is 10.9 Å². The number of carbonyl (C=O) groups excluding carboxylic acids is 4. The summed E-state index contributed by atoms with van der Waals surface area (Å²) in [7, 11) is 1.63. The van der Waals surface area contributed by atoms with Gasteiger partial charge in [0.1, 0.15) is 6.54 Å². The van der Waals surface area contributed by atoms with E-state index < -0.39 is 0 Å². The zero-order valence-electron chi connectivity index (χ0n) is 19.6. The molecule has 1 aliphatic heterocycles. The van der Waals surface area contributed by atoms with E-state index in [1.807, 2.05) is 29.0 Å². The highest BCUT2D eigenvalue weighted by molar-refractivity contribution is 6.12. The van der Waals surface area contributed by atoms with Crippen LogP contribution in [0, 0.1) is 0 Å². The van der Waals surface area contributed by atoms with E-state index in [-0.39, 0.29) is 30.2 Å². The van der Waals surface area contributed by atoms with Crippen molar-refractivity contribution in [2.75, 3.05) is 26.7 Å². The number of hydrogen-bond donors (Lipinski definition) is 3. The molecule has 3 rings (SSSR count).